The van der Waals surface area contributed by atoms with Crippen molar-refractivity contribution in [2.75, 3.05) is 19.8 Å². The third kappa shape index (κ3) is 1.11. The van der Waals surface area contributed by atoms with Crippen LogP contribution in [-0.2, 0) is 9.53 Å². The van der Waals surface area contributed by atoms with Gasteiger partial charge in [-0.15, -0.1) is 0 Å². The Morgan fingerprint density at radius 1 is 1.58 bits per heavy atom. The molecule has 4 nitrogen and oxygen atoms in total. The predicted octanol–water partition coefficient (Wildman–Crippen LogP) is -0.632. The van der Waals surface area contributed by atoms with Crippen LogP contribution in [0.3, 0.4) is 0 Å². The number of nitrogens with zero attached hydrogens (tertiary/aromatic N) is 1. The van der Waals surface area contributed by atoms with E-state index >= 15 is 0 Å². The molecule has 2 saturated heterocycles. The molecule has 1 N–H and O–H groups in total. The molecular weight excluding hydrogens is 158 g/mol. The summed E-state index contributed by atoms with van der Waals surface area (Å²) in [4.78, 5) is 13.1. The lowest BCUT2D eigenvalue weighted by molar-refractivity contribution is -0.148. The van der Waals surface area contributed by atoms with Crippen LogP contribution in [0.15, 0.2) is 0 Å². The van der Waals surface area contributed by atoms with Crippen LogP contribution in [0.4, 0.5) is 0 Å². The van der Waals surface area contributed by atoms with E-state index in [0.29, 0.717) is 6.61 Å². The first-order chi connectivity index (χ1) is 5.83. The van der Waals surface area contributed by atoms with Crippen LogP contribution in [0.25, 0.3) is 0 Å². The summed E-state index contributed by atoms with van der Waals surface area (Å²) in [5.41, 5.74) is 0. The lowest BCUT2D eigenvalue weighted by Gasteiger charge is -2.33. The van der Waals surface area contributed by atoms with Gasteiger partial charge >= 0.3 is 0 Å². The molecule has 0 aromatic heterocycles. The van der Waals surface area contributed by atoms with Crippen LogP contribution in [0.5, 0.6) is 0 Å². The van der Waals surface area contributed by atoms with Gasteiger partial charge in [-0.3, -0.25) is 4.79 Å². The number of carbonyl (C=O) groups excluding carboxylic acids is 1. The van der Waals surface area contributed by atoms with Gasteiger partial charge in [0, 0.05) is 0 Å². The Kier molecular flexibility index (Phi) is 2.02. The van der Waals surface area contributed by atoms with Crippen molar-refractivity contribution in [2.24, 2.45) is 0 Å². The van der Waals surface area contributed by atoms with Crippen molar-refractivity contribution in [3.63, 3.8) is 0 Å². The van der Waals surface area contributed by atoms with Gasteiger partial charge in [0.25, 0.3) is 0 Å². The Bertz CT molecular complexity index is 189. The minimum Gasteiger partial charge on any atom is -0.394 e. The zero-order chi connectivity index (χ0) is 8.55. The third-order valence-electron chi connectivity index (χ3n) is 2.65. The Morgan fingerprint density at radius 2 is 2.42 bits per heavy atom. The average Bonchev–Trinajstić information content (AvgIpc) is 2.49. The van der Waals surface area contributed by atoms with E-state index in [2.05, 4.69) is 0 Å². The highest BCUT2D eigenvalue weighted by atomic mass is 16.5. The monoisotopic (exact) mass is 171 g/mol. The highest BCUT2D eigenvalue weighted by Gasteiger charge is 2.38. The Labute approximate surface area is 71.1 Å². The highest BCUT2D eigenvalue weighted by Crippen LogP contribution is 2.26. The first kappa shape index (κ1) is 8.01. The smallest absolute Gasteiger partial charge is 0.249 e. The first-order valence-electron chi connectivity index (χ1n) is 4.32. The predicted molar refractivity (Wildman–Crippen MR) is 41.6 cm³/mol. The van der Waals surface area contributed by atoms with E-state index in [0.717, 1.165) is 12.8 Å². The van der Waals surface area contributed by atoms with Gasteiger partial charge in [0.1, 0.15) is 6.61 Å². The van der Waals surface area contributed by atoms with Crippen LogP contribution in [0.2, 0.25) is 0 Å². The summed E-state index contributed by atoms with van der Waals surface area (Å²) in [6, 6.07) is 0.273. The van der Waals surface area contributed by atoms with E-state index in [4.69, 9.17) is 9.84 Å². The molecule has 0 aliphatic carbocycles. The van der Waals surface area contributed by atoms with Crippen molar-refractivity contribution in [2.45, 2.75) is 24.9 Å². The maximum atomic E-state index is 11.3. The summed E-state index contributed by atoms with van der Waals surface area (Å²) in [5.74, 6) is 0.0304. The normalized spacial score (nSPS) is 35.4. The number of aliphatic hydroxyl groups is 1. The number of hydrogen-bond donors (Lipinski definition) is 1. The molecule has 0 bridgehead atoms. The lowest BCUT2D eigenvalue weighted by atomic mass is 10.2. The van der Waals surface area contributed by atoms with Gasteiger partial charge in [-0.1, -0.05) is 0 Å². The summed E-state index contributed by atoms with van der Waals surface area (Å²) in [7, 11) is 0. The van der Waals surface area contributed by atoms with E-state index in [1.165, 1.54) is 0 Å². The zero-order valence-corrected chi connectivity index (χ0v) is 6.90. The summed E-state index contributed by atoms with van der Waals surface area (Å²) in [6.45, 7) is 0.914. The van der Waals surface area contributed by atoms with Crippen molar-refractivity contribution in [1.29, 1.82) is 0 Å². The van der Waals surface area contributed by atoms with E-state index < -0.39 is 0 Å². The van der Waals surface area contributed by atoms with Crippen molar-refractivity contribution in [3.8, 4) is 0 Å². The maximum absolute atomic E-state index is 11.3. The maximum Gasteiger partial charge on any atom is 0.249 e. The van der Waals surface area contributed by atoms with Gasteiger partial charge in [-0.25, -0.2) is 0 Å². The molecule has 2 heterocycles. The number of rotatable bonds is 1. The fourth-order valence-corrected chi connectivity index (χ4v) is 2.07. The lowest BCUT2D eigenvalue weighted by Crippen LogP contribution is -2.50. The summed E-state index contributed by atoms with van der Waals surface area (Å²) in [5, 5.41) is 8.99. The molecule has 2 aliphatic heterocycles. The fourth-order valence-electron chi connectivity index (χ4n) is 2.07. The molecule has 0 saturated carbocycles. The summed E-state index contributed by atoms with van der Waals surface area (Å²) < 4.78 is 5.12. The molecule has 2 aliphatic rings. The van der Waals surface area contributed by atoms with Crippen molar-refractivity contribution < 1.29 is 14.6 Å². The van der Waals surface area contributed by atoms with Gasteiger partial charge in [0.05, 0.1) is 25.3 Å². The molecule has 2 fully saturated rings. The third-order valence-corrected chi connectivity index (χ3v) is 2.65. The fraction of sp³-hybridized carbons (Fsp3) is 0.875. The van der Waals surface area contributed by atoms with Crippen LogP contribution >= 0.6 is 0 Å². The number of hydrogen-bond acceptors (Lipinski definition) is 3. The zero-order valence-electron chi connectivity index (χ0n) is 6.90. The van der Waals surface area contributed by atoms with Crippen LogP contribution in [0, 0.1) is 0 Å². The van der Waals surface area contributed by atoms with E-state index in [-0.39, 0.29) is 31.2 Å². The van der Waals surface area contributed by atoms with Crippen molar-refractivity contribution in [3.05, 3.63) is 0 Å². The summed E-state index contributed by atoms with van der Waals surface area (Å²) in [6.07, 6.45) is 1.88. The van der Waals surface area contributed by atoms with Gasteiger partial charge in [-0.2, -0.15) is 0 Å². The molecular formula is C8H13NO3. The Hall–Kier alpha value is -0.610. The standard InChI is InChI=1S/C8H13NO3/c10-3-6-1-2-7-4-12-5-8(11)9(6)7/h6-7,10H,1-5H2. The average molecular weight is 171 g/mol. The van der Waals surface area contributed by atoms with E-state index in [9.17, 15) is 4.79 Å². The minimum atomic E-state index is 0.0304. The molecule has 68 valence electrons. The van der Waals surface area contributed by atoms with Crippen molar-refractivity contribution in [1.82, 2.24) is 4.90 Å². The number of amides is 1. The number of morpholine rings is 1. The number of ether oxygens (including phenoxy) is 1. The van der Waals surface area contributed by atoms with E-state index in [1.54, 1.807) is 4.90 Å². The number of carbonyl (C=O) groups is 1. The SMILES string of the molecule is O=C1COCC2CCC(CO)N12. The minimum absolute atomic E-state index is 0.0304. The van der Waals surface area contributed by atoms with Gasteiger partial charge in [0.2, 0.25) is 5.91 Å². The molecule has 0 spiro atoms. The Balaban J connectivity index is 2.11. The van der Waals surface area contributed by atoms with Gasteiger partial charge in [0.15, 0.2) is 0 Å². The van der Waals surface area contributed by atoms with Crippen molar-refractivity contribution >= 4 is 5.91 Å². The molecule has 1 amide bonds. The van der Waals surface area contributed by atoms with Crippen LogP contribution in [0.1, 0.15) is 12.8 Å². The molecule has 2 atom stereocenters. The highest BCUT2D eigenvalue weighted by molar-refractivity contribution is 5.79. The van der Waals surface area contributed by atoms with Gasteiger partial charge < -0.3 is 14.7 Å². The second kappa shape index (κ2) is 3.03. The first-order valence-corrected chi connectivity index (χ1v) is 4.32. The summed E-state index contributed by atoms with van der Waals surface area (Å²) >= 11 is 0. The molecule has 2 unspecified atom stereocenters. The Morgan fingerprint density at radius 3 is 3.17 bits per heavy atom. The van der Waals surface area contributed by atoms with Crippen LogP contribution < -0.4 is 0 Å². The second-order valence-corrected chi connectivity index (χ2v) is 3.38. The molecule has 0 aromatic carbocycles. The quantitative estimate of drug-likeness (QED) is 0.571. The molecule has 2 rings (SSSR count). The van der Waals surface area contributed by atoms with Gasteiger partial charge in [-0.05, 0) is 12.8 Å². The topological polar surface area (TPSA) is 49.8 Å². The second-order valence-electron chi connectivity index (χ2n) is 3.38. The number of aliphatic hydroxyl groups excluding tert-OH is 1. The van der Waals surface area contributed by atoms with Crippen LogP contribution in [-0.4, -0.2) is 47.8 Å². The number of fused-ring (bicyclic) bond motifs is 1. The molecule has 0 aromatic rings. The van der Waals surface area contributed by atoms with E-state index in [1.807, 2.05) is 0 Å². The largest absolute Gasteiger partial charge is 0.394 e. The molecule has 0 radical (unpaired) electrons. The molecule has 12 heavy (non-hydrogen) atoms. The molecule has 4 heteroatoms.